The number of esters is 1. The van der Waals surface area contributed by atoms with Gasteiger partial charge >= 0.3 is 5.97 Å². The Bertz CT molecular complexity index is 561. The van der Waals surface area contributed by atoms with Crippen molar-refractivity contribution in [3.8, 4) is 11.5 Å². The fourth-order valence-corrected chi connectivity index (χ4v) is 3.06. The maximum atomic E-state index is 12.6. The van der Waals surface area contributed by atoms with Gasteiger partial charge in [0.25, 0.3) is 0 Å². The fourth-order valence-electron chi connectivity index (χ4n) is 2.01. The van der Waals surface area contributed by atoms with Crippen LogP contribution in [0.1, 0.15) is 15.9 Å². The van der Waals surface area contributed by atoms with E-state index < -0.39 is 14.0 Å². The van der Waals surface area contributed by atoms with Gasteiger partial charge in [0.1, 0.15) is 17.1 Å². The van der Waals surface area contributed by atoms with Gasteiger partial charge in [-0.25, -0.2) is 4.79 Å². The molecule has 0 unspecified atom stereocenters. The highest BCUT2D eigenvalue weighted by Gasteiger charge is 2.22. The summed E-state index contributed by atoms with van der Waals surface area (Å²) in [5.41, 5.74) is 1.07. The number of rotatable bonds is 11. The van der Waals surface area contributed by atoms with Gasteiger partial charge in [-0.05, 0) is 17.7 Å². The molecule has 25 heavy (non-hydrogen) atoms. The molecule has 5 nitrogen and oxygen atoms in total. The molecule has 0 saturated carbocycles. The predicted molar refractivity (Wildman–Crippen MR) is 109 cm³/mol. The van der Waals surface area contributed by atoms with Crippen LogP contribution in [0.5, 0.6) is 11.5 Å². The SMILES string of the molecule is COCOc1cc(OCCS)cc(CS)c1C(=O)OCC[Si](C)(C)C. The average molecular weight is 405 g/mol. The summed E-state index contributed by atoms with van der Waals surface area (Å²) in [6.07, 6.45) is 0. The normalized spacial score (nSPS) is 11.3. The molecule has 8 heteroatoms. The first-order chi connectivity index (χ1) is 11.8. The number of carbonyl (C=O) groups is 1. The van der Waals surface area contributed by atoms with Crippen LogP contribution < -0.4 is 9.47 Å². The number of methoxy groups -OCH3 is 1. The zero-order valence-corrected chi connectivity index (χ0v) is 18.1. The smallest absolute Gasteiger partial charge is 0.342 e. The second-order valence-electron chi connectivity index (χ2n) is 6.68. The lowest BCUT2D eigenvalue weighted by Gasteiger charge is -2.18. The predicted octanol–water partition coefficient (Wildman–Crippen LogP) is 3.90. The topological polar surface area (TPSA) is 54.0 Å². The Kier molecular flexibility index (Phi) is 9.77. The van der Waals surface area contributed by atoms with E-state index in [1.807, 2.05) is 0 Å². The van der Waals surface area contributed by atoms with Crippen molar-refractivity contribution < 1.29 is 23.7 Å². The summed E-state index contributed by atoms with van der Waals surface area (Å²) in [7, 11) is 0.244. The van der Waals surface area contributed by atoms with E-state index in [9.17, 15) is 4.79 Å². The number of hydrogen-bond acceptors (Lipinski definition) is 7. The lowest BCUT2D eigenvalue weighted by molar-refractivity contribution is 0.0435. The Morgan fingerprint density at radius 1 is 1.12 bits per heavy atom. The molecule has 1 rings (SSSR count). The van der Waals surface area contributed by atoms with Gasteiger partial charge < -0.3 is 18.9 Å². The molecular weight excluding hydrogens is 376 g/mol. The minimum Gasteiger partial charge on any atom is -0.493 e. The molecule has 0 aliphatic carbocycles. The van der Waals surface area contributed by atoms with Crippen LogP contribution in [0, 0.1) is 0 Å². The second kappa shape index (κ2) is 11.0. The van der Waals surface area contributed by atoms with Crippen LogP contribution in [-0.2, 0) is 15.2 Å². The molecule has 0 aliphatic heterocycles. The monoisotopic (exact) mass is 404 g/mol. The second-order valence-corrected chi connectivity index (χ2v) is 13.1. The number of carbonyl (C=O) groups excluding carboxylic acids is 1. The molecule has 0 radical (unpaired) electrons. The van der Waals surface area contributed by atoms with E-state index in [0.717, 1.165) is 6.04 Å². The quantitative estimate of drug-likeness (QED) is 0.254. The first-order valence-corrected chi connectivity index (χ1v) is 13.1. The van der Waals surface area contributed by atoms with Crippen molar-refractivity contribution in [2.75, 3.05) is 32.9 Å². The van der Waals surface area contributed by atoms with E-state index in [1.165, 1.54) is 7.11 Å². The molecule has 1 aromatic carbocycles. The maximum Gasteiger partial charge on any atom is 0.342 e. The standard InChI is InChI=1S/C17H28O5S2Si/c1-19-12-22-15-10-14(20-5-7-23)9-13(11-24)16(15)17(18)21-6-8-25(2,3)4/h9-10,23-24H,5-8,11-12H2,1-4H3. The van der Waals surface area contributed by atoms with Crippen molar-refractivity contribution in [1.82, 2.24) is 0 Å². The molecule has 0 spiro atoms. The van der Waals surface area contributed by atoms with Gasteiger partial charge in [-0.2, -0.15) is 25.3 Å². The van der Waals surface area contributed by atoms with Crippen LogP contribution in [0.3, 0.4) is 0 Å². The molecule has 0 heterocycles. The molecule has 0 aliphatic rings. The molecule has 0 bridgehead atoms. The Morgan fingerprint density at radius 2 is 1.84 bits per heavy atom. The highest BCUT2D eigenvalue weighted by Crippen LogP contribution is 2.31. The van der Waals surface area contributed by atoms with E-state index in [0.29, 0.717) is 47.3 Å². The minimum atomic E-state index is -1.28. The van der Waals surface area contributed by atoms with Crippen LogP contribution in [0.4, 0.5) is 0 Å². The summed E-state index contributed by atoms with van der Waals surface area (Å²) in [6, 6.07) is 4.36. The Hall–Kier alpha value is -0.833. The van der Waals surface area contributed by atoms with E-state index >= 15 is 0 Å². The lowest BCUT2D eigenvalue weighted by atomic mass is 10.1. The molecule has 142 valence electrons. The van der Waals surface area contributed by atoms with Crippen LogP contribution >= 0.6 is 25.3 Å². The van der Waals surface area contributed by atoms with Crippen LogP contribution in [0.2, 0.25) is 25.7 Å². The highest BCUT2D eigenvalue weighted by atomic mass is 32.1. The van der Waals surface area contributed by atoms with Gasteiger partial charge in [0.15, 0.2) is 6.79 Å². The number of ether oxygens (including phenoxy) is 4. The molecular formula is C17H28O5S2Si. The van der Waals surface area contributed by atoms with E-state index in [4.69, 9.17) is 18.9 Å². The Morgan fingerprint density at radius 3 is 2.40 bits per heavy atom. The van der Waals surface area contributed by atoms with Crippen molar-refractivity contribution in [2.24, 2.45) is 0 Å². The third kappa shape index (κ3) is 7.94. The van der Waals surface area contributed by atoms with E-state index in [2.05, 4.69) is 44.9 Å². The number of thiol groups is 2. The largest absolute Gasteiger partial charge is 0.493 e. The first kappa shape index (κ1) is 22.2. The summed E-state index contributed by atoms with van der Waals surface area (Å²) in [5.74, 6) is 1.52. The lowest BCUT2D eigenvalue weighted by Crippen LogP contribution is -2.23. The van der Waals surface area contributed by atoms with E-state index in [1.54, 1.807) is 12.1 Å². The van der Waals surface area contributed by atoms with Crippen molar-refractivity contribution >= 4 is 39.3 Å². The summed E-state index contributed by atoms with van der Waals surface area (Å²) in [5, 5.41) is 0. The van der Waals surface area contributed by atoms with Crippen molar-refractivity contribution in [3.05, 3.63) is 23.3 Å². The first-order valence-electron chi connectivity index (χ1n) is 8.12. The molecule has 0 atom stereocenters. The molecule has 0 N–H and O–H groups in total. The van der Waals surface area contributed by atoms with Gasteiger partial charge in [-0.15, -0.1) is 0 Å². The van der Waals surface area contributed by atoms with Crippen LogP contribution in [-0.4, -0.2) is 46.9 Å². The molecule has 0 fully saturated rings. The third-order valence-electron chi connectivity index (χ3n) is 3.31. The Labute approximate surface area is 162 Å². The van der Waals surface area contributed by atoms with Crippen LogP contribution in [0.25, 0.3) is 0 Å². The fraction of sp³-hybridized carbons (Fsp3) is 0.588. The third-order valence-corrected chi connectivity index (χ3v) is 5.54. The van der Waals surface area contributed by atoms with Gasteiger partial charge in [0.05, 0.1) is 13.2 Å². The molecule has 0 saturated heterocycles. The molecule has 0 amide bonds. The zero-order chi connectivity index (χ0) is 18.9. The van der Waals surface area contributed by atoms with Gasteiger partial charge in [-0.1, -0.05) is 19.6 Å². The van der Waals surface area contributed by atoms with Crippen molar-refractivity contribution in [3.63, 3.8) is 0 Å². The summed E-state index contributed by atoms with van der Waals surface area (Å²) in [4.78, 5) is 12.6. The highest BCUT2D eigenvalue weighted by molar-refractivity contribution is 7.80. The molecule has 0 aromatic heterocycles. The van der Waals surface area contributed by atoms with Crippen molar-refractivity contribution in [2.45, 2.75) is 31.4 Å². The summed E-state index contributed by atoms with van der Waals surface area (Å²) < 4.78 is 21.6. The van der Waals surface area contributed by atoms with Crippen LogP contribution in [0.15, 0.2) is 12.1 Å². The maximum absolute atomic E-state index is 12.6. The summed E-state index contributed by atoms with van der Waals surface area (Å²) >= 11 is 8.46. The van der Waals surface area contributed by atoms with Gasteiger partial charge in [0.2, 0.25) is 0 Å². The van der Waals surface area contributed by atoms with Gasteiger partial charge in [-0.3, -0.25) is 0 Å². The molecule has 1 aromatic rings. The minimum absolute atomic E-state index is 0.0250. The Balaban J connectivity index is 3.05. The zero-order valence-electron chi connectivity index (χ0n) is 15.3. The van der Waals surface area contributed by atoms with Gasteiger partial charge in [0, 0.05) is 32.8 Å². The summed E-state index contributed by atoms with van der Waals surface area (Å²) in [6.45, 7) is 7.60. The number of hydrogen-bond donors (Lipinski definition) is 2. The van der Waals surface area contributed by atoms with Crippen molar-refractivity contribution in [1.29, 1.82) is 0 Å². The number of benzene rings is 1. The average Bonchev–Trinajstić information content (AvgIpc) is 2.56. The van der Waals surface area contributed by atoms with E-state index in [-0.39, 0.29) is 6.79 Å².